The first kappa shape index (κ1) is 22.5. The highest BCUT2D eigenvalue weighted by molar-refractivity contribution is 9.10. The number of aromatic hydroxyl groups is 1. The first-order valence-electron chi connectivity index (χ1n) is 10.9. The molecule has 2 heterocycles. The van der Waals surface area contributed by atoms with Gasteiger partial charge in [-0.3, -0.25) is 14.7 Å². The van der Waals surface area contributed by atoms with Gasteiger partial charge in [0, 0.05) is 17.3 Å². The van der Waals surface area contributed by atoms with E-state index in [1.807, 2.05) is 54.6 Å². The molecule has 3 aromatic rings. The van der Waals surface area contributed by atoms with E-state index in [9.17, 15) is 15.2 Å². The molecule has 3 aromatic carbocycles. The molecule has 0 saturated heterocycles. The number of carbonyl (C=O) groups is 1. The lowest BCUT2D eigenvalue weighted by atomic mass is 10.00. The molecule has 172 valence electrons. The van der Waals surface area contributed by atoms with Crippen molar-refractivity contribution >= 4 is 33.4 Å². The number of aliphatic imine (C=N–C) groups is 2. The van der Waals surface area contributed by atoms with Crippen molar-refractivity contribution in [1.82, 2.24) is 4.90 Å². The number of fused-ring (bicyclic) bond motifs is 1. The number of phenolic OH excluding ortho intramolecular Hbond substituents is 1. The summed E-state index contributed by atoms with van der Waals surface area (Å²) in [5.41, 5.74) is 1.59. The normalized spacial score (nSPS) is 21.8. The second-order valence-electron chi connectivity index (χ2n) is 8.37. The third-order valence-electron chi connectivity index (χ3n) is 6.05. The van der Waals surface area contributed by atoms with Crippen LogP contribution < -0.4 is 0 Å². The molecule has 0 spiro atoms. The number of amides is 1. The summed E-state index contributed by atoms with van der Waals surface area (Å²) in [7, 11) is 0. The summed E-state index contributed by atoms with van der Waals surface area (Å²) in [5.74, 6) is 0.197. The zero-order valence-corrected chi connectivity index (χ0v) is 19.7. The summed E-state index contributed by atoms with van der Waals surface area (Å²) < 4.78 is 0.909. The fourth-order valence-corrected chi connectivity index (χ4v) is 4.60. The summed E-state index contributed by atoms with van der Waals surface area (Å²) in [6.45, 7) is 0.194. The van der Waals surface area contributed by atoms with E-state index in [0.29, 0.717) is 18.0 Å². The predicted octanol–water partition coefficient (Wildman–Crippen LogP) is 4.24. The van der Waals surface area contributed by atoms with Crippen LogP contribution in [0, 0.1) is 0 Å². The number of hydrogen-bond acceptors (Lipinski definition) is 6. The molecule has 34 heavy (non-hydrogen) atoms. The van der Waals surface area contributed by atoms with Crippen molar-refractivity contribution in [3.63, 3.8) is 0 Å². The molecule has 0 radical (unpaired) electrons. The van der Waals surface area contributed by atoms with E-state index in [1.165, 1.54) is 0 Å². The average molecular weight is 520 g/mol. The predicted molar refractivity (Wildman–Crippen MR) is 132 cm³/mol. The standard InChI is InChI=1S/C26H22BrN3O4/c27-20-10-6-18(7-11-20)15-26(34-33)25(32)30-16-23(19-8-12-21(31)13-9-19)28-22(24(30)29-26)14-17-4-2-1-3-5-17/h1-13,22,31,33H,14-16H2/t22-,26+/m0/s1. The number of carbonyl (C=O) groups excluding carboxylic acids is 1. The van der Waals surface area contributed by atoms with E-state index in [4.69, 9.17) is 9.88 Å². The molecule has 5 rings (SSSR count). The van der Waals surface area contributed by atoms with E-state index < -0.39 is 17.7 Å². The van der Waals surface area contributed by atoms with Crippen molar-refractivity contribution in [3.05, 3.63) is 100 Å². The molecule has 2 N–H and O–H groups in total. The first-order chi connectivity index (χ1) is 16.5. The summed E-state index contributed by atoms with van der Waals surface area (Å²) in [4.78, 5) is 29.6. The fraction of sp³-hybridized carbons (Fsp3) is 0.192. The Morgan fingerprint density at radius 2 is 1.71 bits per heavy atom. The molecular formula is C26H22BrN3O4. The van der Waals surface area contributed by atoms with Crippen LogP contribution in [0.2, 0.25) is 0 Å². The first-order valence-corrected chi connectivity index (χ1v) is 11.7. The molecular weight excluding hydrogens is 498 g/mol. The zero-order valence-electron chi connectivity index (χ0n) is 18.1. The smallest absolute Gasteiger partial charge is 0.287 e. The molecule has 0 aliphatic carbocycles. The number of nitrogens with zero attached hydrogens (tertiary/aromatic N) is 3. The quantitative estimate of drug-likeness (QED) is 0.376. The number of rotatable bonds is 6. The van der Waals surface area contributed by atoms with Gasteiger partial charge in [0.25, 0.3) is 11.6 Å². The van der Waals surface area contributed by atoms with Gasteiger partial charge in [-0.25, -0.2) is 10.2 Å². The van der Waals surface area contributed by atoms with Crippen LogP contribution in [0.25, 0.3) is 0 Å². The molecule has 1 amide bonds. The maximum absolute atomic E-state index is 13.6. The Balaban J connectivity index is 1.53. The van der Waals surface area contributed by atoms with Gasteiger partial charge in [0.05, 0.1) is 12.3 Å². The molecule has 0 aromatic heterocycles. The summed E-state index contributed by atoms with van der Waals surface area (Å²) in [5, 5.41) is 19.6. The van der Waals surface area contributed by atoms with Gasteiger partial charge in [0.15, 0.2) is 0 Å². The Labute approximate surface area is 205 Å². The average Bonchev–Trinajstić information content (AvgIpc) is 3.14. The minimum Gasteiger partial charge on any atom is -0.508 e. The molecule has 0 fully saturated rings. The van der Waals surface area contributed by atoms with Gasteiger partial charge in [0.1, 0.15) is 17.6 Å². The molecule has 0 bridgehead atoms. The van der Waals surface area contributed by atoms with Crippen molar-refractivity contribution in [2.75, 3.05) is 6.54 Å². The van der Waals surface area contributed by atoms with Crippen molar-refractivity contribution in [3.8, 4) is 5.75 Å². The molecule has 2 aliphatic heterocycles. The van der Waals surface area contributed by atoms with E-state index in [0.717, 1.165) is 21.2 Å². The topological polar surface area (TPSA) is 94.7 Å². The van der Waals surface area contributed by atoms with Crippen molar-refractivity contribution < 1.29 is 20.0 Å². The van der Waals surface area contributed by atoms with Gasteiger partial charge < -0.3 is 5.11 Å². The van der Waals surface area contributed by atoms with E-state index in [-0.39, 0.29) is 18.7 Å². The van der Waals surface area contributed by atoms with Crippen molar-refractivity contribution in [2.24, 2.45) is 9.98 Å². The van der Waals surface area contributed by atoms with Gasteiger partial charge in [-0.15, -0.1) is 0 Å². The number of hydrogen-bond donors (Lipinski definition) is 2. The second-order valence-corrected chi connectivity index (χ2v) is 9.28. The molecule has 0 unspecified atom stereocenters. The summed E-state index contributed by atoms with van der Waals surface area (Å²) in [6.07, 6.45) is 0.618. The number of amidine groups is 1. The van der Waals surface area contributed by atoms with Crippen LogP contribution in [0.4, 0.5) is 0 Å². The van der Waals surface area contributed by atoms with Crippen molar-refractivity contribution in [1.29, 1.82) is 0 Å². The maximum Gasteiger partial charge on any atom is 0.287 e. The Morgan fingerprint density at radius 3 is 2.38 bits per heavy atom. The minimum absolute atomic E-state index is 0.0855. The lowest BCUT2D eigenvalue weighted by molar-refractivity contribution is -0.308. The van der Waals surface area contributed by atoms with Crippen LogP contribution in [0.3, 0.4) is 0 Å². The summed E-state index contributed by atoms with van der Waals surface area (Å²) in [6, 6.07) is 23.6. The Morgan fingerprint density at radius 1 is 1.00 bits per heavy atom. The van der Waals surface area contributed by atoms with Crippen LogP contribution in [-0.2, 0) is 22.5 Å². The minimum atomic E-state index is -1.77. The number of phenols is 1. The Hall–Kier alpha value is -3.33. The zero-order chi connectivity index (χ0) is 23.7. The van der Waals surface area contributed by atoms with Gasteiger partial charge >= 0.3 is 0 Å². The third-order valence-corrected chi connectivity index (χ3v) is 6.58. The van der Waals surface area contributed by atoms with Gasteiger partial charge in [-0.1, -0.05) is 58.4 Å². The van der Waals surface area contributed by atoms with E-state index >= 15 is 0 Å². The van der Waals surface area contributed by atoms with Crippen molar-refractivity contribution in [2.45, 2.75) is 24.6 Å². The van der Waals surface area contributed by atoms with Gasteiger partial charge in [-0.2, -0.15) is 4.89 Å². The fourth-order valence-electron chi connectivity index (χ4n) is 4.33. The highest BCUT2D eigenvalue weighted by Gasteiger charge is 2.53. The number of halogens is 1. The lowest BCUT2D eigenvalue weighted by Gasteiger charge is -2.30. The van der Waals surface area contributed by atoms with Crippen LogP contribution in [0.1, 0.15) is 16.7 Å². The van der Waals surface area contributed by atoms with Crippen LogP contribution in [-0.4, -0.2) is 51.0 Å². The Kier molecular flexibility index (Phi) is 6.03. The largest absolute Gasteiger partial charge is 0.508 e. The monoisotopic (exact) mass is 519 g/mol. The lowest BCUT2D eigenvalue weighted by Crippen LogP contribution is -2.51. The molecule has 7 nitrogen and oxygen atoms in total. The number of benzene rings is 3. The molecule has 0 saturated carbocycles. The maximum atomic E-state index is 13.6. The molecule has 2 aliphatic rings. The van der Waals surface area contributed by atoms with E-state index in [1.54, 1.807) is 29.2 Å². The summed E-state index contributed by atoms with van der Waals surface area (Å²) >= 11 is 3.41. The Bertz CT molecular complexity index is 1260. The van der Waals surface area contributed by atoms with Gasteiger partial charge in [0.2, 0.25) is 0 Å². The van der Waals surface area contributed by atoms with Crippen LogP contribution in [0.5, 0.6) is 5.75 Å². The third kappa shape index (κ3) is 4.27. The van der Waals surface area contributed by atoms with Crippen LogP contribution >= 0.6 is 15.9 Å². The SMILES string of the molecule is O=C1N2CC(c3ccc(O)cc3)=N[C@@H](Cc3ccccc3)C2=N[C@]1(Cc1ccc(Br)cc1)OO. The molecule has 8 heteroatoms. The highest BCUT2D eigenvalue weighted by atomic mass is 79.9. The van der Waals surface area contributed by atoms with Crippen LogP contribution in [0.15, 0.2) is 93.3 Å². The molecule has 2 atom stereocenters. The van der Waals surface area contributed by atoms with Gasteiger partial charge in [-0.05, 0) is 53.1 Å². The second kappa shape index (κ2) is 9.13. The highest BCUT2D eigenvalue weighted by Crippen LogP contribution is 2.33. The van der Waals surface area contributed by atoms with E-state index in [2.05, 4.69) is 20.9 Å².